The van der Waals surface area contributed by atoms with Gasteiger partial charge in [-0.25, -0.2) is 9.99 Å². The average molecular weight is 381 g/mol. The van der Waals surface area contributed by atoms with Crippen molar-refractivity contribution in [2.75, 3.05) is 11.9 Å². The van der Waals surface area contributed by atoms with Gasteiger partial charge in [-0.05, 0) is 43.4 Å². The Morgan fingerprint density at radius 1 is 1.30 bits per heavy atom. The molecule has 4 rings (SSSR count). The van der Waals surface area contributed by atoms with E-state index in [9.17, 15) is 9.59 Å². The summed E-state index contributed by atoms with van der Waals surface area (Å²) < 4.78 is 0. The standard InChI is InChI=1S/C19H19N5O2S/c25-17(22-19-21-16(12-27-19)15-8-4-5-9-20-15)11-24-18(26)10-13-6-2-1-3-7-14(13)23-24/h4-5,7-10,12,23H,1-3,6,11H2,(H,21,22,25). The molecule has 27 heavy (non-hydrogen) atoms. The van der Waals surface area contributed by atoms with Crippen molar-refractivity contribution in [3.05, 3.63) is 53.2 Å². The molecular formula is C19H19N5O2S. The van der Waals surface area contributed by atoms with Gasteiger partial charge in [0.05, 0.1) is 11.4 Å². The van der Waals surface area contributed by atoms with Crippen LogP contribution in [0.5, 0.6) is 0 Å². The number of hydrogen-bond donors (Lipinski definition) is 2. The molecule has 0 radical (unpaired) electrons. The molecule has 138 valence electrons. The largest absolute Gasteiger partial charge is 0.300 e. The summed E-state index contributed by atoms with van der Waals surface area (Å²) in [5, 5.41) is 6.41. The van der Waals surface area contributed by atoms with Crippen LogP contribution in [0.3, 0.4) is 0 Å². The SMILES string of the molecule is O=C(CN1NC2=CCCCCC2=CC1=O)Nc1nc(-c2ccccn2)cs1. The Morgan fingerprint density at radius 3 is 3.07 bits per heavy atom. The second-order valence-electron chi connectivity index (χ2n) is 6.37. The number of thiazole rings is 1. The number of pyridine rings is 1. The molecule has 0 unspecified atom stereocenters. The first-order chi connectivity index (χ1) is 13.2. The second-order valence-corrected chi connectivity index (χ2v) is 7.23. The minimum absolute atomic E-state index is 0.0849. The quantitative estimate of drug-likeness (QED) is 0.850. The van der Waals surface area contributed by atoms with Crippen LogP contribution in [0, 0.1) is 0 Å². The van der Waals surface area contributed by atoms with E-state index in [1.54, 1.807) is 12.3 Å². The molecule has 8 heteroatoms. The number of hydrogen-bond acceptors (Lipinski definition) is 6. The summed E-state index contributed by atoms with van der Waals surface area (Å²) >= 11 is 1.33. The highest BCUT2D eigenvalue weighted by Gasteiger charge is 2.24. The van der Waals surface area contributed by atoms with Crippen LogP contribution in [0.1, 0.15) is 25.7 Å². The third-order valence-corrected chi connectivity index (χ3v) is 5.15. The van der Waals surface area contributed by atoms with Gasteiger partial charge in [0.15, 0.2) is 5.13 Å². The maximum atomic E-state index is 12.4. The Bertz CT molecular complexity index is 919. The Morgan fingerprint density at radius 2 is 2.22 bits per heavy atom. The molecule has 2 amide bonds. The van der Waals surface area contributed by atoms with E-state index < -0.39 is 0 Å². The predicted octanol–water partition coefficient (Wildman–Crippen LogP) is 2.87. The summed E-state index contributed by atoms with van der Waals surface area (Å²) in [6, 6.07) is 5.59. The van der Waals surface area contributed by atoms with Crippen molar-refractivity contribution in [3.63, 3.8) is 0 Å². The highest BCUT2D eigenvalue weighted by atomic mass is 32.1. The molecule has 0 spiro atoms. The molecule has 0 atom stereocenters. The van der Waals surface area contributed by atoms with Crippen LogP contribution in [0.2, 0.25) is 0 Å². The number of aromatic nitrogens is 2. The molecule has 0 fully saturated rings. The molecule has 0 bridgehead atoms. The highest BCUT2D eigenvalue weighted by Crippen LogP contribution is 2.25. The van der Waals surface area contributed by atoms with Crippen molar-refractivity contribution >= 4 is 28.3 Å². The maximum absolute atomic E-state index is 12.4. The molecule has 3 heterocycles. The van der Waals surface area contributed by atoms with Gasteiger partial charge in [-0.2, -0.15) is 0 Å². The zero-order valence-corrected chi connectivity index (χ0v) is 15.5. The lowest BCUT2D eigenvalue weighted by Crippen LogP contribution is -2.48. The van der Waals surface area contributed by atoms with Gasteiger partial charge in [0.1, 0.15) is 12.2 Å². The number of nitrogens with one attached hydrogen (secondary N) is 2. The number of carbonyl (C=O) groups is 2. The number of anilines is 1. The van der Waals surface area contributed by atoms with Gasteiger partial charge in [0, 0.05) is 17.7 Å². The molecule has 7 nitrogen and oxygen atoms in total. The van der Waals surface area contributed by atoms with Crippen LogP contribution in [0.4, 0.5) is 5.13 Å². The lowest BCUT2D eigenvalue weighted by Gasteiger charge is -2.29. The zero-order chi connectivity index (χ0) is 18.6. The Balaban J connectivity index is 1.40. The summed E-state index contributed by atoms with van der Waals surface area (Å²) in [6.07, 6.45) is 9.47. The molecule has 1 aliphatic carbocycles. The molecule has 2 aliphatic rings. The van der Waals surface area contributed by atoms with E-state index in [0.29, 0.717) is 10.8 Å². The molecular weight excluding hydrogens is 362 g/mol. The first kappa shape index (κ1) is 17.4. The Labute approximate surface area is 160 Å². The summed E-state index contributed by atoms with van der Waals surface area (Å²) in [4.78, 5) is 33.3. The summed E-state index contributed by atoms with van der Waals surface area (Å²) in [7, 11) is 0. The van der Waals surface area contributed by atoms with Gasteiger partial charge >= 0.3 is 0 Å². The van der Waals surface area contributed by atoms with Crippen molar-refractivity contribution in [2.45, 2.75) is 25.7 Å². The summed E-state index contributed by atoms with van der Waals surface area (Å²) in [5.74, 6) is -0.503. The van der Waals surface area contributed by atoms with Crippen LogP contribution >= 0.6 is 11.3 Å². The highest BCUT2D eigenvalue weighted by molar-refractivity contribution is 7.14. The monoisotopic (exact) mass is 381 g/mol. The van der Waals surface area contributed by atoms with E-state index in [0.717, 1.165) is 42.6 Å². The van der Waals surface area contributed by atoms with Gasteiger partial charge in [-0.1, -0.05) is 12.1 Å². The Kier molecular flexibility index (Phi) is 4.97. The number of hydrazine groups is 1. The molecule has 1 aliphatic heterocycles. The lowest BCUT2D eigenvalue weighted by atomic mass is 10.1. The predicted molar refractivity (Wildman–Crippen MR) is 103 cm³/mol. The lowest BCUT2D eigenvalue weighted by molar-refractivity contribution is -0.133. The average Bonchev–Trinajstić information content (AvgIpc) is 3.01. The smallest absolute Gasteiger partial charge is 0.265 e. The van der Waals surface area contributed by atoms with Crippen LogP contribution in [0.15, 0.2) is 53.2 Å². The van der Waals surface area contributed by atoms with Gasteiger partial charge in [-0.15, -0.1) is 11.3 Å². The maximum Gasteiger partial charge on any atom is 0.265 e. The minimum Gasteiger partial charge on any atom is -0.300 e. The first-order valence-electron chi connectivity index (χ1n) is 8.85. The van der Waals surface area contributed by atoms with E-state index >= 15 is 0 Å². The van der Waals surface area contributed by atoms with Crippen molar-refractivity contribution < 1.29 is 9.59 Å². The zero-order valence-electron chi connectivity index (χ0n) is 14.6. The van der Waals surface area contributed by atoms with Crippen molar-refractivity contribution in [3.8, 4) is 11.4 Å². The van der Waals surface area contributed by atoms with E-state index in [-0.39, 0.29) is 18.4 Å². The van der Waals surface area contributed by atoms with Gasteiger partial charge in [0.2, 0.25) is 5.91 Å². The molecule has 0 saturated carbocycles. The van der Waals surface area contributed by atoms with E-state index in [1.165, 1.54) is 16.3 Å². The minimum atomic E-state index is -0.302. The van der Waals surface area contributed by atoms with E-state index in [1.807, 2.05) is 23.6 Å². The fraction of sp³-hybridized carbons (Fsp3) is 0.263. The first-order valence-corrected chi connectivity index (χ1v) is 9.73. The summed E-state index contributed by atoms with van der Waals surface area (Å²) in [5.41, 5.74) is 6.50. The van der Waals surface area contributed by atoms with E-state index in [4.69, 9.17) is 0 Å². The second kappa shape index (κ2) is 7.71. The third kappa shape index (κ3) is 4.06. The van der Waals surface area contributed by atoms with Crippen LogP contribution in [-0.4, -0.2) is 33.3 Å². The topological polar surface area (TPSA) is 87.2 Å². The van der Waals surface area contributed by atoms with Gasteiger partial charge in [0.25, 0.3) is 5.91 Å². The third-order valence-electron chi connectivity index (χ3n) is 4.39. The molecule has 0 saturated heterocycles. The fourth-order valence-corrected chi connectivity index (χ4v) is 3.77. The Hall–Kier alpha value is -3.00. The summed E-state index contributed by atoms with van der Waals surface area (Å²) in [6.45, 7) is -0.0849. The number of allylic oxidation sites excluding steroid dienone is 2. The molecule has 0 aromatic carbocycles. The fourth-order valence-electron chi connectivity index (χ4n) is 3.05. The number of amides is 2. The van der Waals surface area contributed by atoms with Gasteiger partial charge in [-0.3, -0.25) is 20.0 Å². The van der Waals surface area contributed by atoms with Crippen molar-refractivity contribution in [2.24, 2.45) is 0 Å². The van der Waals surface area contributed by atoms with Crippen LogP contribution in [-0.2, 0) is 9.59 Å². The molecule has 2 aromatic rings. The molecule has 2 aromatic heterocycles. The molecule has 2 N–H and O–H groups in total. The van der Waals surface area contributed by atoms with E-state index in [2.05, 4.69) is 26.8 Å². The number of rotatable bonds is 4. The number of nitrogens with zero attached hydrogens (tertiary/aromatic N) is 3. The normalized spacial score (nSPS) is 16.6. The number of carbonyl (C=O) groups excluding carboxylic acids is 2. The van der Waals surface area contributed by atoms with Crippen LogP contribution < -0.4 is 10.7 Å². The van der Waals surface area contributed by atoms with Gasteiger partial charge < -0.3 is 5.32 Å². The van der Waals surface area contributed by atoms with Crippen LogP contribution in [0.25, 0.3) is 11.4 Å². The van der Waals surface area contributed by atoms with Crippen molar-refractivity contribution in [1.82, 2.24) is 20.4 Å². The number of fused-ring (bicyclic) bond motifs is 1. The van der Waals surface area contributed by atoms with Crippen molar-refractivity contribution in [1.29, 1.82) is 0 Å².